The minimum Gasteiger partial charge on any atom is -0.391 e. The van der Waals surface area contributed by atoms with Gasteiger partial charge in [-0.1, -0.05) is 90.4 Å². The van der Waals surface area contributed by atoms with E-state index in [1.54, 1.807) is 0 Å². The molecule has 4 nitrogen and oxygen atoms in total. The molecule has 0 radical (unpaired) electrons. The van der Waals surface area contributed by atoms with Gasteiger partial charge in [0, 0.05) is 0 Å². The zero-order valence-electron chi connectivity index (χ0n) is 14.6. The molecule has 0 rings (SSSR count). The molecule has 0 aliphatic rings. The van der Waals surface area contributed by atoms with Gasteiger partial charge in [-0.25, -0.2) is 0 Å². The Morgan fingerprint density at radius 1 is 0.636 bits per heavy atom. The van der Waals surface area contributed by atoms with Crippen molar-refractivity contribution in [3.63, 3.8) is 0 Å². The van der Waals surface area contributed by atoms with E-state index in [-0.39, 0.29) is 0 Å². The molecule has 134 valence electrons. The summed E-state index contributed by atoms with van der Waals surface area (Å²) in [5.74, 6) is 0. The number of aliphatic hydroxyl groups is 3. The van der Waals surface area contributed by atoms with Crippen LogP contribution in [-0.2, 0) is 0 Å². The predicted octanol–water partition coefficient (Wildman–Crippen LogP) is 3.47. The van der Waals surface area contributed by atoms with Crippen molar-refractivity contribution in [2.45, 2.75) is 115 Å². The summed E-state index contributed by atoms with van der Waals surface area (Å²) in [6, 6.07) is -0.947. The Hall–Kier alpha value is -0.160. The van der Waals surface area contributed by atoms with Crippen molar-refractivity contribution in [3.05, 3.63) is 0 Å². The van der Waals surface area contributed by atoms with E-state index in [0.717, 1.165) is 12.8 Å². The van der Waals surface area contributed by atoms with Gasteiger partial charge in [-0.15, -0.1) is 0 Å². The van der Waals surface area contributed by atoms with Crippen LogP contribution in [0.15, 0.2) is 0 Å². The Kier molecular flexibility index (Phi) is 15.6. The monoisotopic (exact) mass is 317 g/mol. The standard InChI is InChI=1S/C18H39NO3/c1-2-3-4-5-6-7-8-9-10-11-12-13-14-15-16(20)17(19)18(21)22/h16-18,20-22H,2-15,19H2,1H3/t16-,17+/m1/s1. The molecular weight excluding hydrogens is 278 g/mol. The van der Waals surface area contributed by atoms with Crippen LogP contribution in [0.4, 0.5) is 0 Å². The summed E-state index contributed by atoms with van der Waals surface area (Å²) in [4.78, 5) is 0. The molecule has 0 aliphatic carbocycles. The Balaban J connectivity index is 3.17. The summed E-state index contributed by atoms with van der Waals surface area (Å²) in [7, 11) is 0. The van der Waals surface area contributed by atoms with Gasteiger partial charge in [0.2, 0.25) is 0 Å². The molecule has 0 aromatic rings. The molecule has 22 heavy (non-hydrogen) atoms. The molecule has 0 unspecified atom stereocenters. The van der Waals surface area contributed by atoms with Gasteiger partial charge in [0.25, 0.3) is 0 Å². The lowest BCUT2D eigenvalue weighted by Gasteiger charge is -2.20. The van der Waals surface area contributed by atoms with Crippen LogP contribution in [-0.4, -0.2) is 33.8 Å². The summed E-state index contributed by atoms with van der Waals surface area (Å²) in [5.41, 5.74) is 5.46. The molecule has 5 N–H and O–H groups in total. The molecule has 0 spiro atoms. The second-order valence-corrected chi connectivity index (χ2v) is 6.59. The zero-order chi connectivity index (χ0) is 16.6. The van der Waals surface area contributed by atoms with Gasteiger partial charge in [0.15, 0.2) is 6.29 Å². The minimum absolute atomic E-state index is 0.552. The minimum atomic E-state index is -1.63. The summed E-state index contributed by atoms with van der Waals surface area (Å²) in [5, 5.41) is 27.4. The average molecular weight is 318 g/mol. The van der Waals surface area contributed by atoms with E-state index in [1.807, 2.05) is 0 Å². The average Bonchev–Trinajstić information content (AvgIpc) is 2.50. The van der Waals surface area contributed by atoms with E-state index in [4.69, 9.17) is 15.9 Å². The van der Waals surface area contributed by atoms with Crippen molar-refractivity contribution >= 4 is 0 Å². The molecule has 0 heterocycles. The third-order valence-electron chi connectivity index (χ3n) is 4.39. The molecule has 0 bridgehead atoms. The highest BCUT2D eigenvalue weighted by Crippen LogP contribution is 2.14. The summed E-state index contributed by atoms with van der Waals surface area (Å²) >= 11 is 0. The first kappa shape index (κ1) is 21.8. The van der Waals surface area contributed by atoms with E-state index in [1.165, 1.54) is 70.6 Å². The maximum absolute atomic E-state index is 9.62. The van der Waals surface area contributed by atoms with Crippen molar-refractivity contribution in [2.24, 2.45) is 5.73 Å². The third-order valence-corrected chi connectivity index (χ3v) is 4.39. The lowest BCUT2D eigenvalue weighted by molar-refractivity contribution is -0.0871. The van der Waals surface area contributed by atoms with Crippen LogP contribution in [0.25, 0.3) is 0 Å². The van der Waals surface area contributed by atoms with Crippen molar-refractivity contribution in [3.8, 4) is 0 Å². The molecule has 4 heteroatoms. The fourth-order valence-electron chi connectivity index (χ4n) is 2.76. The molecule has 0 aromatic carbocycles. The smallest absolute Gasteiger partial charge is 0.169 e. The first-order valence-corrected chi connectivity index (χ1v) is 9.39. The Morgan fingerprint density at radius 2 is 1.00 bits per heavy atom. The van der Waals surface area contributed by atoms with Crippen molar-refractivity contribution in [1.82, 2.24) is 0 Å². The molecule has 0 saturated carbocycles. The van der Waals surface area contributed by atoms with E-state index in [0.29, 0.717) is 6.42 Å². The lowest BCUT2D eigenvalue weighted by Crippen LogP contribution is -2.44. The first-order chi connectivity index (χ1) is 10.6. The molecule has 0 fully saturated rings. The molecule has 0 aromatic heterocycles. The fraction of sp³-hybridized carbons (Fsp3) is 1.00. The maximum Gasteiger partial charge on any atom is 0.169 e. The number of nitrogens with two attached hydrogens (primary N) is 1. The van der Waals surface area contributed by atoms with Crippen LogP contribution < -0.4 is 5.73 Å². The third kappa shape index (κ3) is 13.5. The van der Waals surface area contributed by atoms with Gasteiger partial charge in [0.1, 0.15) is 0 Å². The highest BCUT2D eigenvalue weighted by molar-refractivity contribution is 4.73. The van der Waals surface area contributed by atoms with Crippen LogP contribution in [0, 0.1) is 0 Å². The topological polar surface area (TPSA) is 86.7 Å². The molecular formula is C18H39NO3. The van der Waals surface area contributed by atoms with Crippen molar-refractivity contribution in [1.29, 1.82) is 0 Å². The van der Waals surface area contributed by atoms with Gasteiger partial charge in [-0.2, -0.15) is 0 Å². The number of aliphatic hydroxyl groups excluding tert-OH is 2. The van der Waals surface area contributed by atoms with Crippen LogP contribution in [0.1, 0.15) is 96.8 Å². The first-order valence-electron chi connectivity index (χ1n) is 9.39. The molecule has 0 amide bonds. The van der Waals surface area contributed by atoms with Crippen molar-refractivity contribution in [2.75, 3.05) is 0 Å². The largest absolute Gasteiger partial charge is 0.391 e. The van der Waals surface area contributed by atoms with E-state index in [2.05, 4.69) is 6.92 Å². The predicted molar refractivity (Wildman–Crippen MR) is 92.5 cm³/mol. The SMILES string of the molecule is CCCCCCCCCCCCCCC[C@@H](O)[C@H](N)C(O)O. The highest BCUT2D eigenvalue weighted by Gasteiger charge is 2.20. The van der Waals surface area contributed by atoms with Crippen LogP contribution in [0.2, 0.25) is 0 Å². The second kappa shape index (κ2) is 15.7. The van der Waals surface area contributed by atoms with Gasteiger partial charge >= 0.3 is 0 Å². The number of hydrogen-bond donors (Lipinski definition) is 4. The van der Waals surface area contributed by atoms with E-state index in [9.17, 15) is 5.11 Å². The number of rotatable bonds is 16. The molecule has 0 aliphatic heterocycles. The quantitative estimate of drug-likeness (QED) is 0.259. The number of hydrogen-bond acceptors (Lipinski definition) is 4. The normalized spacial score (nSPS) is 14.5. The zero-order valence-corrected chi connectivity index (χ0v) is 14.6. The van der Waals surface area contributed by atoms with Crippen LogP contribution in [0.5, 0.6) is 0 Å². The number of unbranched alkanes of at least 4 members (excludes halogenated alkanes) is 12. The Labute approximate surface area is 137 Å². The molecule has 2 atom stereocenters. The summed E-state index contributed by atoms with van der Waals surface area (Å²) < 4.78 is 0. The van der Waals surface area contributed by atoms with Crippen LogP contribution >= 0.6 is 0 Å². The van der Waals surface area contributed by atoms with Gasteiger partial charge in [-0.05, 0) is 6.42 Å². The Morgan fingerprint density at radius 3 is 1.36 bits per heavy atom. The summed E-state index contributed by atoms with van der Waals surface area (Å²) in [6.45, 7) is 2.26. The van der Waals surface area contributed by atoms with Gasteiger partial charge < -0.3 is 21.1 Å². The summed E-state index contributed by atoms with van der Waals surface area (Å²) in [6.07, 6.45) is 14.9. The van der Waals surface area contributed by atoms with Crippen LogP contribution in [0.3, 0.4) is 0 Å². The second-order valence-electron chi connectivity index (χ2n) is 6.59. The van der Waals surface area contributed by atoms with Gasteiger partial charge in [-0.3, -0.25) is 0 Å². The van der Waals surface area contributed by atoms with E-state index >= 15 is 0 Å². The van der Waals surface area contributed by atoms with Crippen molar-refractivity contribution < 1.29 is 15.3 Å². The van der Waals surface area contributed by atoms with E-state index < -0.39 is 18.4 Å². The highest BCUT2D eigenvalue weighted by atomic mass is 16.5. The van der Waals surface area contributed by atoms with Gasteiger partial charge in [0.05, 0.1) is 12.1 Å². The molecule has 0 saturated heterocycles. The lowest BCUT2D eigenvalue weighted by atomic mass is 10.0. The fourth-order valence-corrected chi connectivity index (χ4v) is 2.76. The maximum atomic E-state index is 9.62. The Bertz CT molecular complexity index is 224.